The zero-order valence-electron chi connectivity index (χ0n) is 15.3. The standard InChI is InChI=1S/C23H21ClO3/c1-3-14-5-6-16(15-7-9-17(24)10-8-15)13-18(14)20-21(25)19-11-12-23(4-2,27-19)22(20)26/h5-13,19,26H,3-4H2,1-2H3/t19-,23+/m0/s1. The molecule has 4 heteroatoms. The molecule has 138 valence electrons. The van der Waals surface area contributed by atoms with E-state index in [1.54, 1.807) is 6.08 Å². The molecule has 0 saturated carbocycles. The van der Waals surface area contributed by atoms with Crippen LogP contribution >= 0.6 is 11.6 Å². The Morgan fingerprint density at radius 3 is 2.48 bits per heavy atom. The number of halogens is 1. The number of aliphatic hydroxyl groups excluding tert-OH is 1. The number of carbonyl (C=O) groups excluding carboxylic acids is 1. The van der Waals surface area contributed by atoms with E-state index in [4.69, 9.17) is 16.3 Å². The van der Waals surface area contributed by atoms with E-state index in [-0.39, 0.29) is 11.5 Å². The lowest BCUT2D eigenvalue weighted by molar-refractivity contribution is -0.129. The molecule has 2 aromatic carbocycles. The van der Waals surface area contributed by atoms with Crippen molar-refractivity contribution < 1.29 is 14.6 Å². The van der Waals surface area contributed by atoms with Crippen LogP contribution in [0.4, 0.5) is 0 Å². The van der Waals surface area contributed by atoms with Crippen molar-refractivity contribution in [1.82, 2.24) is 0 Å². The zero-order chi connectivity index (χ0) is 19.2. The van der Waals surface area contributed by atoms with Crippen molar-refractivity contribution in [3.8, 4) is 11.1 Å². The van der Waals surface area contributed by atoms with Crippen LogP contribution in [0.3, 0.4) is 0 Å². The molecule has 0 aliphatic carbocycles. The summed E-state index contributed by atoms with van der Waals surface area (Å²) in [5.74, 6) is -0.170. The van der Waals surface area contributed by atoms with E-state index in [0.29, 0.717) is 17.0 Å². The van der Waals surface area contributed by atoms with Gasteiger partial charge in [0.1, 0.15) is 17.5 Å². The van der Waals surface area contributed by atoms with E-state index in [1.807, 2.05) is 62.4 Å². The van der Waals surface area contributed by atoms with Crippen molar-refractivity contribution in [1.29, 1.82) is 0 Å². The monoisotopic (exact) mass is 380 g/mol. The molecule has 2 heterocycles. The minimum Gasteiger partial charge on any atom is -0.508 e. The first-order valence-corrected chi connectivity index (χ1v) is 9.61. The predicted molar refractivity (Wildman–Crippen MR) is 108 cm³/mol. The number of fused-ring (bicyclic) bond motifs is 2. The summed E-state index contributed by atoms with van der Waals surface area (Å²) in [6.45, 7) is 3.99. The fourth-order valence-electron chi connectivity index (χ4n) is 3.86. The highest BCUT2D eigenvalue weighted by Gasteiger charge is 2.48. The number of ether oxygens (including phenoxy) is 1. The van der Waals surface area contributed by atoms with Crippen LogP contribution < -0.4 is 0 Å². The summed E-state index contributed by atoms with van der Waals surface area (Å²) in [5.41, 5.74) is 3.27. The Bertz CT molecular complexity index is 972. The van der Waals surface area contributed by atoms with Crippen molar-refractivity contribution in [2.45, 2.75) is 38.4 Å². The third-order valence-electron chi connectivity index (χ3n) is 5.48. The highest BCUT2D eigenvalue weighted by molar-refractivity contribution is 6.30. The van der Waals surface area contributed by atoms with Gasteiger partial charge in [-0.2, -0.15) is 0 Å². The second kappa shape index (κ2) is 6.66. The Morgan fingerprint density at radius 2 is 1.81 bits per heavy atom. The van der Waals surface area contributed by atoms with Gasteiger partial charge in [-0.05, 0) is 65.4 Å². The number of Topliss-reactive ketones (excluding diaryl/α,β-unsaturated/α-hetero) is 1. The van der Waals surface area contributed by atoms with E-state index in [1.165, 1.54) is 0 Å². The summed E-state index contributed by atoms with van der Waals surface area (Å²) >= 11 is 6.00. The molecule has 0 unspecified atom stereocenters. The normalized spacial score (nSPS) is 24.0. The Kier molecular flexibility index (Phi) is 4.45. The summed E-state index contributed by atoms with van der Waals surface area (Å²) in [6.07, 6.45) is 4.27. The van der Waals surface area contributed by atoms with Crippen molar-refractivity contribution in [3.05, 3.63) is 76.5 Å². The molecule has 4 rings (SSSR count). The summed E-state index contributed by atoms with van der Waals surface area (Å²) in [5, 5.41) is 11.7. The first-order chi connectivity index (χ1) is 13.0. The Morgan fingerprint density at radius 1 is 1.11 bits per heavy atom. The van der Waals surface area contributed by atoms with Gasteiger partial charge in [0.2, 0.25) is 0 Å². The quantitative estimate of drug-likeness (QED) is 0.710. The molecular formula is C23H21ClO3. The summed E-state index contributed by atoms with van der Waals surface area (Å²) in [4.78, 5) is 13.0. The van der Waals surface area contributed by atoms with Gasteiger partial charge in [-0.15, -0.1) is 0 Å². The lowest BCUT2D eigenvalue weighted by Crippen LogP contribution is -2.40. The molecule has 1 N–H and O–H groups in total. The first kappa shape index (κ1) is 18.0. The molecule has 0 aromatic heterocycles. The van der Waals surface area contributed by atoms with Crippen molar-refractivity contribution in [2.75, 3.05) is 0 Å². The lowest BCUT2D eigenvalue weighted by Gasteiger charge is -2.33. The maximum Gasteiger partial charge on any atom is 0.199 e. The largest absolute Gasteiger partial charge is 0.508 e. The van der Waals surface area contributed by atoms with Gasteiger partial charge < -0.3 is 9.84 Å². The maximum atomic E-state index is 13.0. The number of ketones is 1. The topological polar surface area (TPSA) is 46.5 Å². The fraction of sp³-hybridized carbons (Fsp3) is 0.261. The molecule has 0 spiro atoms. The number of hydrogen-bond donors (Lipinski definition) is 1. The van der Waals surface area contributed by atoms with E-state index in [9.17, 15) is 9.90 Å². The third-order valence-corrected chi connectivity index (χ3v) is 5.73. The highest BCUT2D eigenvalue weighted by atomic mass is 35.5. The van der Waals surface area contributed by atoms with Crippen LogP contribution in [0.5, 0.6) is 0 Å². The lowest BCUT2D eigenvalue weighted by atomic mass is 9.85. The van der Waals surface area contributed by atoms with Crippen LogP contribution in [0, 0.1) is 0 Å². The molecule has 2 aliphatic rings. The van der Waals surface area contributed by atoms with Crippen LogP contribution in [0.2, 0.25) is 5.02 Å². The van der Waals surface area contributed by atoms with Gasteiger partial charge in [0.15, 0.2) is 5.78 Å². The number of hydrogen-bond acceptors (Lipinski definition) is 3. The maximum absolute atomic E-state index is 13.0. The molecular weight excluding hydrogens is 360 g/mol. The zero-order valence-corrected chi connectivity index (χ0v) is 16.1. The molecule has 0 fully saturated rings. The number of rotatable bonds is 4. The van der Waals surface area contributed by atoms with Gasteiger partial charge in [0.05, 0.1) is 5.57 Å². The van der Waals surface area contributed by atoms with E-state index < -0.39 is 11.7 Å². The SMILES string of the molecule is CCc1ccc(-c2ccc(Cl)cc2)cc1C1=C(O)[C@@]2(CC)C=C[C@H](O2)C1=O. The van der Waals surface area contributed by atoms with Crippen LogP contribution in [-0.4, -0.2) is 22.6 Å². The van der Waals surface area contributed by atoms with Gasteiger partial charge in [0.25, 0.3) is 0 Å². The third kappa shape index (κ3) is 2.82. The van der Waals surface area contributed by atoms with E-state index in [0.717, 1.165) is 28.7 Å². The van der Waals surface area contributed by atoms with Gasteiger partial charge >= 0.3 is 0 Å². The minimum atomic E-state index is -0.894. The Balaban J connectivity index is 1.90. The molecule has 2 aromatic rings. The fourth-order valence-corrected chi connectivity index (χ4v) is 3.99. The summed E-state index contributed by atoms with van der Waals surface area (Å²) in [6, 6.07) is 13.6. The van der Waals surface area contributed by atoms with E-state index in [2.05, 4.69) is 0 Å². The van der Waals surface area contributed by atoms with Gasteiger partial charge in [0, 0.05) is 5.02 Å². The first-order valence-electron chi connectivity index (χ1n) is 9.23. The van der Waals surface area contributed by atoms with Crippen molar-refractivity contribution in [3.63, 3.8) is 0 Å². The number of aliphatic hydroxyl groups is 1. The molecule has 0 saturated heterocycles. The summed E-state index contributed by atoms with van der Waals surface area (Å²) < 4.78 is 5.83. The number of aryl methyl sites for hydroxylation is 1. The Hall–Kier alpha value is -2.36. The molecule has 2 bridgehead atoms. The summed E-state index contributed by atoms with van der Waals surface area (Å²) in [7, 11) is 0. The van der Waals surface area contributed by atoms with Crippen LogP contribution in [0.15, 0.2) is 60.4 Å². The molecule has 3 nitrogen and oxygen atoms in total. The molecule has 0 radical (unpaired) electrons. The molecule has 27 heavy (non-hydrogen) atoms. The van der Waals surface area contributed by atoms with Crippen molar-refractivity contribution >= 4 is 23.0 Å². The molecule has 2 atom stereocenters. The molecule has 2 aliphatic heterocycles. The van der Waals surface area contributed by atoms with Crippen LogP contribution in [0.1, 0.15) is 31.4 Å². The average molecular weight is 381 g/mol. The predicted octanol–water partition coefficient (Wildman–Crippen LogP) is 5.53. The number of benzene rings is 2. The van der Waals surface area contributed by atoms with Gasteiger partial charge in [-0.1, -0.05) is 49.7 Å². The van der Waals surface area contributed by atoms with Crippen LogP contribution in [0.25, 0.3) is 16.7 Å². The second-order valence-corrected chi connectivity index (χ2v) is 7.40. The average Bonchev–Trinajstić information content (AvgIpc) is 3.10. The highest BCUT2D eigenvalue weighted by Crippen LogP contribution is 2.44. The van der Waals surface area contributed by atoms with Gasteiger partial charge in [-0.3, -0.25) is 4.79 Å². The second-order valence-electron chi connectivity index (χ2n) is 6.96. The van der Waals surface area contributed by atoms with E-state index >= 15 is 0 Å². The Labute approximate surface area is 163 Å². The molecule has 0 amide bonds. The smallest absolute Gasteiger partial charge is 0.199 e. The number of carbonyl (C=O) groups is 1. The van der Waals surface area contributed by atoms with Crippen molar-refractivity contribution in [2.24, 2.45) is 0 Å². The van der Waals surface area contributed by atoms with Crippen LogP contribution in [-0.2, 0) is 16.0 Å². The minimum absolute atomic E-state index is 0.0166. The van der Waals surface area contributed by atoms with Gasteiger partial charge in [-0.25, -0.2) is 0 Å².